The van der Waals surface area contributed by atoms with E-state index in [1.165, 1.54) is 12.8 Å². The summed E-state index contributed by atoms with van der Waals surface area (Å²) >= 11 is 0. The largest absolute Gasteiger partial charge is 0.275 e. The molecular formula is C9H18N4. The summed E-state index contributed by atoms with van der Waals surface area (Å²) in [4.78, 5) is 0. The van der Waals surface area contributed by atoms with Crippen LogP contribution < -0.4 is 11.3 Å². The zero-order valence-electron chi connectivity index (χ0n) is 8.33. The van der Waals surface area contributed by atoms with Gasteiger partial charge in [0.2, 0.25) is 0 Å². The summed E-state index contributed by atoms with van der Waals surface area (Å²) in [5.41, 5.74) is 3.82. The minimum Gasteiger partial charge on any atom is -0.275 e. The van der Waals surface area contributed by atoms with E-state index in [1.54, 1.807) is 4.68 Å². The predicted molar refractivity (Wildman–Crippen MR) is 52.8 cm³/mol. The van der Waals surface area contributed by atoms with Gasteiger partial charge < -0.3 is 0 Å². The molecule has 0 saturated carbocycles. The predicted octanol–water partition coefficient (Wildman–Crippen LogP) is 1.11. The first-order chi connectivity index (χ1) is 6.27. The summed E-state index contributed by atoms with van der Waals surface area (Å²) in [6.45, 7) is 2.17. The lowest BCUT2D eigenvalue weighted by atomic mass is 10.1. The summed E-state index contributed by atoms with van der Waals surface area (Å²) in [7, 11) is 1.91. The Morgan fingerprint density at radius 1 is 1.69 bits per heavy atom. The smallest absolute Gasteiger partial charge is 0.0807 e. The Bertz CT molecular complexity index is 244. The zero-order valence-corrected chi connectivity index (χ0v) is 8.33. The number of rotatable bonds is 5. The van der Waals surface area contributed by atoms with Crippen molar-refractivity contribution in [1.82, 2.24) is 15.2 Å². The first-order valence-corrected chi connectivity index (χ1v) is 4.73. The Morgan fingerprint density at radius 3 is 2.92 bits per heavy atom. The van der Waals surface area contributed by atoms with E-state index in [1.807, 2.05) is 19.3 Å². The lowest BCUT2D eigenvalue weighted by molar-refractivity contribution is 0.479. The van der Waals surface area contributed by atoms with Crippen LogP contribution in [-0.4, -0.2) is 9.78 Å². The average Bonchev–Trinajstić information content (AvgIpc) is 2.54. The van der Waals surface area contributed by atoms with E-state index in [0.29, 0.717) is 0 Å². The molecule has 0 bridgehead atoms. The fourth-order valence-electron chi connectivity index (χ4n) is 1.34. The van der Waals surface area contributed by atoms with Gasteiger partial charge in [0.05, 0.1) is 11.7 Å². The molecule has 13 heavy (non-hydrogen) atoms. The maximum absolute atomic E-state index is 5.46. The molecule has 0 radical (unpaired) electrons. The molecule has 0 fully saturated rings. The van der Waals surface area contributed by atoms with Gasteiger partial charge in [-0.3, -0.25) is 16.0 Å². The highest BCUT2D eigenvalue weighted by molar-refractivity contribution is 5.04. The number of unbranched alkanes of at least 4 members (excludes halogenated alkanes) is 1. The molecule has 0 aliphatic rings. The average molecular weight is 182 g/mol. The highest BCUT2D eigenvalue weighted by atomic mass is 15.3. The third-order valence-electron chi connectivity index (χ3n) is 2.14. The maximum atomic E-state index is 5.46. The molecule has 1 rings (SSSR count). The zero-order chi connectivity index (χ0) is 9.68. The van der Waals surface area contributed by atoms with Crippen molar-refractivity contribution >= 4 is 0 Å². The molecule has 3 N–H and O–H groups in total. The second kappa shape index (κ2) is 4.99. The molecule has 4 heteroatoms. The summed E-state index contributed by atoms with van der Waals surface area (Å²) < 4.78 is 1.80. The molecule has 0 aromatic carbocycles. The quantitative estimate of drug-likeness (QED) is 0.530. The number of nitrogens with one attached hydrogen (secondary N) is 1. The standard InChI is InChI=1S/C9H18N4/c1-3-4-5-8(11-10)9-6-7-13(2)12-9/h6-8,11H,3-5,10H2,1-2H3. The van der Waals surface area contributed by atoms with Gasteiger partial charge in [-0.15, -0.1) is 0 Å². The molecule has 1 atom stereocenters. The van der Waals surface area contributed by atoms with E-state index in [4.69, 9.17) is 5.84 Å². The van der Waals surface area contributed by atoms with Gasteiger partial charge in [0.15, 0.2) is 0 Å². The molecule has 1 heterocycles. The van der Waals surface area contributed by atoms with Crippen molar-refractivity contribution in [3.05, 3.63) is 18.0 Å². The van der Waals surface area contributed by atoms with E-state index in [9.17, 15) is 0 Å². The van der Waals surface area contributed by atoms with Crippen molar-refractivity contribution in [2.24, 2.45) is 12.9 Å². The summed E-state index contributed by atoms with van der Waals surface area (Å²) in [6.07, 6.45) is 5.34. The summed E-state index contributed by atoms with van der Waals surface area (Å²) in [5, 5.41) is 4.31. The van der Waals surface area contributed by atoms with Gasteiger partial charge >= 0.3 is 0 Å². The number of hydrogen-bond donors (Lipinski definition) is 2. The summed E-state index contributed by atoms with van der Waals surface area (Å²) in [5.74, 6) is 5.46. The Morgan fingerprint density at radius 2 is 2.46 bits per heavy atom. The lowest BCUT2D eigenvalue weighted by Crippen LogP contribution is -2.28. The van der Waals surface area contributed by atoms with Crippen LogP contribution in [0.5, 0.6) is 0 Å². The highest BCUT2D eigenvalue weighted by Crippen LogP contribution is 2.15. The normalized spacial score (nSPS) is 13.2. The Hall–Kier alpha value is -0.870. The number of aryl methyl sites for hydroxylation is 1. The molecular weight excluding hydrogens is 164 g/mol. The topological polar surface area (TPSA) is 55.9 Å². The third-order valence-corrected chi connectivity index (χ3v) is 2.14. The van der Waals surface area contributed by atoms with Crippen molar-refractivity contribution < 1.29 is 0 Å². The van der Waals surface area contributed by atoms with Gasteiger partial charge in [-0.05, 0) is 12.5 Å². The van der Waals surface area contributed by atoms with Gasteiger partial charge in [0.25, 0.3) is 0 Å². The van der Waals surface area contributed by atoms with Crippen molar-refractivity contribution in [3.8, 4) is 0 Å². The van der Waals surface area contributed by atoms with Crippen LogP contribution in [0.4, 0.5) is 0 Å². The SMILES string of the molecule is CCCCC(NN)c1ccn(C)n1. The van der Waals surface area contributed by atoms with Crippen LogP contribution in [-0.2, 0) is 7.05 Å². The van der Waals surface area contributed by atoms with Gasteiger partial charge in [-0.2, -0.15) is 5.10 Å². The Kier molecular flexibility index (Phi) is 3.92. The second-order valence-electron chi connectivity index (χ2n) is 3.28. The van der Waals surface area contributed by atoms with Gasteiger partial charge in [0.1, 0.15) is 0 Å². The molecule has 0 aliphatic heterocycles. The van der Waals surface area contributed by atoms with Crippen LogP contribution in [0.3, 0.4) is 0 Å². The number of hydrazine groups is 1. The first kappa shape index (κ1) is 10.2. The molecule has 1 aromatic heterocycles. The van der Waals surface area contributed by atoms with Gasteiger partial charge in [-0.1, -0.05) is 19.8 Å². The van der Waals surface area contributed by atoms with Crippen molar-refractivity contribution in [2.75, 3.05) is 0 Å². The number of nitrogens with zero attached hydrogens (tertiary/aromatic N) is 2. The molecule has 0 aliphatic carbocycles. The fourth-order valence-corrected chi connectivity index (χ4v) is 1.34. The molecule has 0 spiro atoms. The first-order valence-electron chi connectivity index (χ1n) is 4.73. The fraction of sp³-hybridized carbons (Fsp3) is 0.667. The molecule has 4 nitrogen and oxygen atoms in total. The highest BCUT2D eigenvalue weighted by Gasteiger charge is 2.10. The van der Waals surface area contributed by atoms with Crippen LogP contribution >= 0.6 is 0 Å². The minimum absolute atomic E-state index is 0.196. The van der Waals surface area contributed by atoms with E-state index in [-0.39, 0.29) is 6.04 Å². The van der Waals surface area contributed by atoms with Crippen molar-refractivity contribution in [3.63, 3.8) is 0 Å². The van der Waals surface area contributed by atoms with Crippen LogP contribution in [0, 0.1) is 0 Å². The van der Waals surface area contributed by atoms with Crippen LogP contribution in [0.15, 0.2) is 12.3 Å². The minimum atomic E-state index is 0.196. The second-order valence-corrected chi connectivity index (χ2v) is 3.28. The molecule has 0 amide bonds. The van der Waals surface area contributed by atoms with Crippen molar-refractivity contribution in [2.45, 2.75) is 32.2 Å². The third kappa shape index (κ3) is 2.82. The lowest BCUT2D eigenvalue weighted by Gasteiger charge is -2.12. The Labute approximate surface area is 79.1 Å². The number of nitrogens with two attached hydrogens (primary N) is 1. The summed E-state index contributed by atoms with van der Waals surface area (Å²) in [6, 6.07) is 2.20. The molecule has 74 valence electrons. The monoisotopic (exact) mass is 182 g/mol. The Balaban J connectivity index is 2.56. The van der Waals surface area contributed by atoms with E-state index < -0.39 is 0 Å². The van der Waals surface area contributed by atoms with Crippen LogP contribution in [0.2, 0.25) is 0 Å². The number of hydrogen-bond acceptors (Lipinski definition) is 3. The van der Waals surface area contributed by atoms with Gasteiger partial charge in [-0.25, -0.2) is 0 Å². The van der Waals surface area contributed by atoms with Crippen LogP contribution in [0.1, 0.15) is 37.9 Å². The number of aromatic nitrogens is 2. The van der Waals surface area contributed by atoms with Crippen molar-refractivity contribution in [1.29, 1.82) is 0 Å². The van der Waals surface area contributed by atoms with E-state index >= 15 is 0 Å². The van der Waals surface area contributed by atoms with E-state index in [0.717, 1.165) is 12.1 Å². The van der Waals surface area contributed by atoms with Gasteiger partial charge in [0, 0.05) is 13.2 Å². The maximum Gasteiger partial charge on any atom is 0.0807 e. The van der Waals surface area contributed by atoms with Crippen LogP contribution in [0.25, 0.3) is 0 Å². The molecule has 1 unspecified atom stereocenters. The molecule has 0 saturated heterocycles. The van der Waals surface area contributed by atoms with E-state index in [2.05, 4.69) is 17.4 Å². The molecule has 1 aromatic rings.